The molecule has 2 unspecified atom stereocenters. The van der Waals surface area contributed by atoms with Gasteiger partial charge in [0.15, 0.2) is 9.84 Å². The van der Waals surface area contributed by atoms with Crippen molar-refractivity contribution in [1.29, 1.82) is 0 Å². The number of rotatable bonds is 2. The first-order valence-electron chi connectivity index (χ1n) is 6.16. The van der Waals surface area contributed by atoms with Crippen LogP contribution >= 0.6 is 0 Å². The standard InChI is InChI=1S/C13H15F3O3S/c1-8-6-10(13(14,15)16)2-3-11(8)12(17)9-4-5-20(18,19)7-9/h2-3,6,9,12,17H,4-5,7H2,1H3. The van der Waals surface area contributed by atoms with E-state index in [0.717, 1.165) is 12.1 Å². The maximum atomic E-state index is 12.6. The highest BCUT2D eigenvalue weighted by Crippen LogP contribution is 2.35. The Morgan fingerprint density at radius 1 is 1.35 bits per heavy atom. The molecule has 7 heteroatoms. The van der Waals surface area contributed by atoms with E-state index in [-0.39, 0.29) is 11.5 Å². The number of aryl methyl sites for hydroxylation is 1. The number of aliphatic hydroxyl groups excluding tert-OH is 1. The molecule has 1 aromatic rings. The lowest BCUT2D eigenvalue weighted by molar-refractivity contribution is -0.137. The fraction of sp³-hybridized carbons (Fsp3) is 0.538. The van der Waals surface area contributed by atoms with E-state index >= 15 is 0 Å². The van der Waals surface area contributed by atoms with Crippen molar-refractivity contribution in [2.45, 2.75) is 25.6 Å². The number of aliphatic hydroxyl groups is 1. The fourth-order valence-corrected chi connectivity index (χ4v) is 4.34. The van der Waals surface area contributed by atoms with Gasteiger partial charge < -0.3 is 5.11 Å². The van der Waals surface area contributed by atoms with Crippen LogP contribution in [-0.2, 0) is 16.0 Å². The quantitative estimate of drug-likeness (QED) is 0.913. The molecule has 1 heterocycles. The summed E-state index contributed by atoms with van der Waals surface area (Å²) in [5, 5.41) is 10.2. The minimum absolute atomic E-state index is 0.0222. The Morgan fingerprint density at radius 3 is 2.45 bits per heavy atom. The van der Waals surface area contributed by atoms with Crippen molar-refractivity contribution in [3.63, 3.8) is 0 Å². The van der Waals surface area contributed by atoms with Gasteiger partial charge in [-0.2, -0.15) is 13.2 Å². The summed E-state index contributed by atoms with van der Waals surface area (Å²) in [6.45, 7) is 1.48. The zero-order valence-corrected chi connectivity index (χ0v) is 11.6. The van der Waals surface area contributed by atoms with Gasteiger partial charge in [-0.3, -0.25) is 0 Å². The molecule has 3 nitrogen and oxygen atoms in total. The van der Waals surface area contributed by atoms with Crippen molar-refractivity contribution in [3.05, 3.63) is 34.9 Å². The van der Waals surface area contributed by atoms with Crippen molar-refractivity contribution >= 4 is 9.84 Å². The summed E-state index contributed by atoms with van der Waals surface area (Å²) < 4.78 is 60.5. The van der Waals surface area contributed by atoms with E-state index < -0.39 is 33.6 Å². The Labute approximate surface area is 115 Å². The zero-order valence-electron chi connectivity index (χ0n) is 10.8. The molecule has 2 rings (SSSR count). The van der Waals surface area contributed by atoms with Crippen LogP contribution in [0.2, 0.25) is 0 Å². The average molecular weight is 308 g/mol. The van der Waals surface area contributed by atoms with Gasteiger partial charge >= 0.3 is 6.18 Å². The Balaban J connectivity index is 2.26. The molecule has 0 aromatic heterocycles. The molecule has 0 amide bonds. The van der Waals surface area contributed by atoms with Crippen LogP contribution in [-0.4, -0.2) is 25.0 Å². The highest BCUT2D eigenvalue weighted by Gasteiger charge is 2.35. The van der Waals surface area contributed by atoms with Crippen molar-refractivity contribution in [2.24, 2.45) is 5.92 Å². The molecule has 0 aliphatic carbocycles. The van der Waals surface area contributed by atoms with Gasteiger partial charge in [-0.25, -0.2) is 8.42 Å². The molecular weight excluding hydrogens is 293 g/mol. The molecule has 2 atom stereocenters. The van der Waals surface area contributed by atoms with Gasteiger partial charge in [0.05, 0.1) is 23.2 Å². The van der Waals surface area contributed by atoms with Crippen LogP contribution in [0.3, 0.4) is 0 Å². The molecule has 112 valence electrons. The molecule has 0 radical (unpaired) electrons. The first-order chi connectivity index (χ1) is 9.10. The van der Waals surface area contributed by atoms with E-state index in [1.165, 1.54) is 13.0 Å². The van der Waals surface area contributed by atoms with Gasteiger partial charge in [-0.05, 0) is 36.6 Å². The minimum atomic E-state index is -4.43. The van der Waals surface area contributed by atoms with Gasteiger partial charge in [-0.1, -0.05) is 6.07 Å². The summed E-state index contributed by atoms with van der Waals surface area (Å²) in [4.78, 5) is 0. The second-order valence-electron chi connectivity index (χ2n) is 5.18. The number of alkyl halides is 3. The van der Waals surface area contributed by atoms with Crippen molar-refractivity contribution in [1.82, 2.24) is 0 Å². The van der Waals surface area contributed by atoms with E-state index in [0.29, 0.717) is 17.5 Å². The summed E-state index contributed by atoms with van der Waals surface area (Å²) in [5.41, 5.74) is -0.0956. The molecule has 0 bridgehead atoms. The average Bonchev–Trinajstić information content (AvgIpc) is 2.67. The van der Waals surface area contributed by atoms with E-state index in [1.807, 2.05) is 0 Å². The van der Waals surface area contributed by atoms with Gasteiger partial charge in [0.25, 0.3) is 0 Å². The van der Waals surface area contributed by atoms with Crippen molar-refractivity contribution in [3.8, 4) is 0 Å². The van der Waals surface area contributed by atoms with Gasteiger partial charge in [0.2, 0.25) is 0 Å². The second-order valence-corrected chi connectivity index (χ2v) is 7.41. The summed E-state index contributed by atoms with van der Waals surface area (Å²) in [5.74, 6) is -0.543. The zero-order chi connectivity index (χ0) is 15.1. The number of benzene rings is 1. The van der Waals surface area contributed by atoms with Gasteiger partial charge in [-0.15, -0.1) is 0 Å². The lowest BCUT2D eigenvalue weighted by Gasteiger charge is -2.20. The first kappa shape index (κ1) is 15.3. The second kappa shape index (κ2) is 5.04. The molecule has 1 fully saturated rings. The summed E-state index contributed by atoms with van der Waals surface area (Å²) in [7, 11) is -3.13. The number of halogens is 3. The predicted octanol–water partition coefficient (Wildman–Crippen LogP) is 2.48. The Bertz CT molecular complexity index is 608. The predicted molar refractivity (Wildman–Crippen MR) is 67.9 cm³/mol. The fourth-order valence-electron chi connectivity index (χ4n) is 2.51. The van der Waals surface area contributed by atoms with Crippen LogP contribution in [0, 0.1) is 12.8 Å². The van der Waals surface area contributed by atoms with Crippen molar-refractivity contribution in [2.75, 3.05) is 11.5 Å². The minimum Gasteiger partial charge on any atom is -0.388 e. The lowest BCUT2D eigenvalue weighted by atomic mass is 9.91. The van der Waals surface area contributed by atoms with E-state index in [1.54, 1.807) is 0 Å². The number of hydrogen-bond acceptors (Lipinski definition) is 3. The van der Waals surface area contributed by atoms with Crippen LogP contribution in [0.1, 0.15) is 29.2 Å². The van der Waals surface area contributed by atoms with Crippen molar-refractivity contribution < 1.29 is 26.7 Å². The molecule has 20 heavy (non-hydrogen) atoms. The largest absolute Gasteiger partial charge is 0.416 e. The van der Waals surface area contributed by atoms with E-state index in [9.17, 15) is 26.7 Å². The maximum Gasteiger partial charge on any atom is 0.416 e. The van der Waals surface area contributed by atoms with Crippen LogP contribution in [0.4, 0.5) is 13.2 Å². The third kappa shape index (κ3) is 3.15. The molecule has 1 N–H and O–H groups in total. The highest BCUT2D eigenvalue weighted by atomic mass is 32.2. The molecule has 0 saturated carbocycles. The third-order valence-corrected chi connectivity index (χ3v) is 5.42. The van der Waals surface area contributed by atoms with E-state index in [4.69, 9.17) is 0 Å². The first-order valence-corrected chi connectivity index (χ1v) is 7.98. The van der Waals surface area contributed by atoms with Gasteiger partial charge in [0.1, 0.15) is 0 Å². The van der Waals surface area contributed by atoms with Crippen LogP contribution in [0.25, 0.3) is 0 Å². The summed E-state index contributed by atoms with van der Waals surface area (Å²) >= 11 is 0. The van der Waals surface area contributed by atoms with Crippen LogP contribution in [0.5, 0.6) is 0 Å². The highest BCUT2D eigenvalue weighted by molar-refractivity contribution is 7.91. The topological polar surface area (TPSA) is 54.4 Å². The monoisotopic (exact) mass is 308 g/mol. The van der Waals surface area contributed by atoms with E-state index in [2.05, 4.69) is 0 Å². The SMILES string of the molecule is Cc1cc(C(F)(F)F)ccc1C(O)C1CCS(=O)(=O)C1. The summed E-state index contributed by atoms with van der Waals surface area (Å²) in [6.07, 6.45) is -5.14. The Kier molecular flexibility index (Phi) is 3.85. The molecule has 1 aliphatic heterocycles. The lowest BCUT2D eigenvalue weighted by Crippen LogP contribution is -2.16. The molecule has 1 aliphatic rings. The number of sulfone groups is 1. The smallest absolute Gasteiger partial charge is 0.388 e. The molecule has 1 aromatic carbocycles. The Hall–Kier alpha value is -1.08. The molecule has 1 saturated heterocycles. The maximum absolute atomic E-state index is 12.6. The summed E-state index contributed by atoms with van der Waals surface area (Å²) in [6, 6.07) is 3.12. The molecule has 0 spiro atoms. The van der Waals surface area contributed by atoms with Gasteiger partial charge in [0, 0.05) is 5.92 Å². The number of hydrogen-bond donors (Lipinski definition) is 1. The molecular formula is C13H15F3O3S. The normalized spacial score (nSPS) is 23.8. The van der Waals surface area contributed by atoms with Crippen LogP contribution < -0.4 is 0 Å². The third-order valence-electron chi connectivity index (χ3n) is 3.63. The van der Waals surface area contributed by atoms with Crippen LogP contribution in [0.15, 0.2) is 18.2 Å². The Morgan fingerprint density at radius 2 is 2.00 bits per heavy atom.